The third-order valence-corrected chi connectivity index (χ3v) is 3.66. The van der Waals surface area contributed by atoms with Crippen LogP contribution in [0.25, 0.3) is 0 Å². The first-order valence-electron chi connectivity index (χ1n) is 5.17. The Morgan fingerprint density at radius 2 is 2.08 bits per heavy atom. The highest BCUT2D eigenvalue weighted by molar-refractivity contribution is 4.89. The van der Waals surface area contributed by atoms with E-state index in [1.807, 2.05) is 0 Å². The average Bonchev–Trinajstić information content (AvgIpc) is 2.34. The van der Waals surface area contributed by atoms with Crippen LogP contribution in [0.4, 0.5) is 0 Å². The minimum atomic E-state index is 0.785. The zero-order valence-electron chi connectivity index (χ0n) is 8.21. The molecule has 0 spiro atoms. The van der Waals surface area contributed by atoms with Gasteiger partial charge in [0.15, 0.2) is 0 Å². The lowest BCUT2D eigenvalue weighted by Crippen LogP contribution is -2.38. The summed E-state index contributed by atoms with van der Waals surface area (Å²) in [5, 5.41) is 3.44. The first-order chi connectivity index (χ1) is 5.79. The average molecular weight is 168 g/mol. The van der Waals surface area contributed by atoms with E-state index in [1.54, 1.807) is 0 Å². The molecule has 3 rings (SSSR count). The van der Waals surface area contributed by atoms with Gasteiger partial charge in [-0.05, 0) is 45.7 Å². The van der Waals surface area contributed by atoms with E-state index in [0.717, 1.165) is 18.0 Å². The van der Waals surface area contributed by atoms with E-state index in [1.165, 1.54) is 32.2 Å². The maximum Gasteiger partial charge on any atom is 0.0107 e. The van der Waals surface area contributed by atoms with Crippen molar-refractivity contribution < 1.29 is 0 Å². The van der Waals surface area contributed by atoms with Crippen molar-refractivity contribution in [3.63, 3.8) is 0 Å². The molecule has 2 heteroatoms. The number of nitrogens with one attached hydrogen (secondary N) is 1. The molecule has 2 aliphatic heterocycles. The summed E-state index contributed by atoms with van der Waals surface area (Å²) in [6.07, 6.45) is 5.66. The molecular weight excluding hydrogens is 148 g/mol. The molecular formula is C10H20N2. The van der Waals surface area contributed by atoms with Crippen molar-refractivity contribution in [1.82, 2.24) is 10.2 Å². The fraction of sp³-hybridized carbons (Fsp3) is 1.00. The molecule has 1 saturated carbocycles. The van der Waals surface area contributed by atoms with Crippen LogP contribution in [0.2, 0.25) is 0 Å². The second-order valence-electron chi connectivity index (χ2n) is 4.49. The Morgan fingerprint density at radius 3 is 2.75 bits per heavy atom. The van der Waals surface area contributed by atoms with Crippen molar-refractivity contribution in [2.45, 2.75) is 37.8 Å². The molecule has 3 unspecified atom stereocenters. The number of hydrogen-bond acceptors (Lipinski definition) is 2. The second kappa shape index (κ2) is 3.35. The second-order valence-corrected chi connectivity index (χ2v) is 4.49. The number of nitrogens with zero attached hydrogens (tertiary/aromatic N) is 1. The van der Waals surface area contributed by atoms with Crippen LogP contribution in [0.15, 0.2) is 0 Å². The number of hydrogen-bond donors (Lipinski definition) is 1. The molecule has 70 valence electrons. The Morgan fingerprint density at radius 1 is 1.25 bits per heavy atom. The molecule has 0 radical (unpaired) electrons. The van der Waals surface area contributed by atoms with Gasteiger partial charge in [-0.2, -0.15) is 0 Å². The zero-order chi connectivity index (χ0) is 8.55. The van der Waals surface area contributed by atoms with Crippen molar-refractivity contribution in [2.24, 2.45) is 5.92 Å². The smallest absolute Gasteiger partial charge is 0.0107 e. The van der Waals surface area contributed by atoms with Crippen LogP contribution in [0.5, 0.6) is 0 Å². The van der Waals surface area contributed by atoms with Gasteiger partial charge in [0, 0.05) is 18.6 Å². The molecule has 0 aromatic carbocycles. The number of fused-ring (bicyclic) bond motifs is 4. The minimum absolute atomic E-state index is 0.785. The summed E-state index contributed by atoms with van der Waals surface area (Å²) < 4.78 is 0. The van der Waals surface area contributed by atoms with E-state index in [0.29, 0.717) is 0 Å². The van der Waals surface area contributed by atoms with E-state index in [-0.39, 0.29) is 0 Å². The number of rotatable bonds is 1. The molecule has 0 aromatic heterocycles. The molecule has 2 heterocycles. The van der Waals surface area contributed by atoms with Gasteiger partial charge in [0.05, 0.1) is 0 Å². The van der Waals surface area contributed by atoms with Crippen molar-refractivity contribution in [1.29, 1.82) is 0 Å². The topological polar surface area (TPSA) is 15.3 Å². The molecule has 12 heavy (non-hydrogen) atoms. The van der Waals surface area contributed by atoms with E-state index in [4.69, 9.17) is 0 Å². The highest BCUT2D eigenvalue weighted by Gasteiger charge is 2.32. The van der Waals surface area contributed by atoms with E-state index >= 15 is 0 Å². The summed E-state index contributed by atoms with van der Waals surface area (Å²) in [4.78, 5) is 2.56. The van der Waals surface area contributed by atoms with Crippen molar-refractivity contribution in [3.8, 4) is 0 Å². The standard InChI is InChI=1S/C10H20N2/c1-11-9-5-8-3-4-10(6-9)12(2)7-8/h8-11H,3-7H2,1-2H3. The van der Waals surface area contributed by atoms with Gasteiger partial charge in [-0.1, -0.05) is 0 Å². The lowest BCUT2D eigenvalue weighted by atomic mass is 9.95. The van der Waals surface area contributed by atoms with Crippen molar-refractivity contribution in [3.05, 3.63) is 0 Å². The lowest BCUT2D eigenvalue weighted by molar-refractivity contribution is 0.157. The zero-order valence-corrected chi connectivity index (χ0v) is 8.21. The highest BCUT2D eigenvalue weighted by Crippen LogP contribution is 2.32. The van der Waals surface area contributed by atoms with E-state index < -0.39 is 0 Å². The highest BCUT2D eigenvalue weighted by atomic mass is 15.1. The van der Waals surface area contributed by atoms with Gasteiger partial charge in [0.1, 0.15) is 0 Å². The molecule has 1 aliphatic carbocycles. The Kier molecular flexibility index (Phi) is 2.37. The quantitative estimate of drug-likeness (QED) is 0.630. The van der Waals surface area contributed by atoms with Crippen LogP contribution in [0.3, 0.4) is 0 Å². The lowest BCUT2D eigenvalue weighted by Gasteiger charge is -2.33. The Labute approximate surface area is 75.3 Å². The predicted molar refractivity (Wildman–Crippen MR) is 51.2 cm³/mol. The van der Waals surface area contributed by atoms with Gasteiger partial charge in [-0.15, -0.1) is 0 Å². The third-order valence-electron chi connectivity index (χ3n) is 3.66. The largest absolute Gasteiger partial charge is 0.317 e. The van der Waals surface area contributed by atoms with Crippen LogP contribution >= 0.6 is 0 Å². The summed E-state index contributed by atoms with van der Waals surface area (Å²) in [7, 11) is 4.39. The Hall–Kier alpha value is -0.0800. The summed E-state index contributed by atoms with van der Waals surface area (Å²) in [6.45, 7) is 1.34. The predicted octanol–water partition coefficient (Wildman–Crippen LogP) is 1.08. The molecule has 3 aliphatic rings. The van der Waals surface area contributed by atoms with Gasteiger partial charge in [-0.25, -0.2) is 0 Å². The summed E-state index contributed by atoms with van der Waals surface area (Å²) in [5.74, 6) is 0.964. The van der Waals surface area contributed by atoms with Gasteiger partial charge in [0.2, 0.25) is 0 Å². The van der Waals surface area contributed by atoms with E-state index in [9.17, 15) is 0 Å². The summed E-state index contributed by atoms with van der Waals surface area (Å²) in [6, 6.07) is 1.65. The van der Waals surface area contributed by atoms with Crippen LogP contribution in [0, 0.1) is 5.92 Å². The normalized spacial score (nSPS) is 43.0. The van der Waals surface area contributed by atoms with Crippen LogP contribution in [-0.2, 0) is 0 Å². The monoisotopic (exact) mass is 168 g/mol. The minimum Gasteiger partial charge on any atom is -0.317 e. The molecule has 3 atom stereocenters. The molecule has 0 amide bonds. The Bertz CT molecular complexity index is 158. The molecule has 2 bridgehead atoms. The van der Waals surface area contributed by atoms with Crippen molar-refractivity contribution >= 4 is 0 Å². The van der Waals surface area contributed by atoms with Crippen LogP contribution in [0.1, 0.15) is 25.7 Å². The van der Waals surface area contributed by atoms with Gasteiger partial charge in [-0.3, -0.25) is 0 Å². The maximum absolute atomic E-state index is 3.44. The Balaban J connectivity index is 2.05. The number of piperidine rings is 1. The summed E-state index contributed by atoms with van der Waals surface area (Å²) >= 11 is 0. The fourth-order valence-corrected chi connectivity index (χ4v) is 2.85. The maximum atomic E-state index is 3.44. The summed E-state index contributed by atoms with van der Waals surface area (Å²) in [5.41, 5.74) is 0. The molecule has 0 aromatic rings. The SMILES string of the molecule is CNC1CC2CCC(C1)N(C)C2. The van der Waals surface area contributed by atoms with Crippen LogP contribution < -0.4 is 5.32 Å². The fourth-order valence-electron chi connectivity index (χ4n) is 2.85. The van der Waals surface area contributed by atoms with Gasteiger partial charge >= 0.3 is 0 Å². The van der Waals surface area contributed by atoms with Gasteiger partial charge < -0.3 is 10.2 Å². The molecule has 1 N–H and O–H groups in total. The first kappa shape index (κ1) is 8.52. The molecule has 2 nitrogen and oxygen atoms in total. The van der Waals surface area contributed by atoms with Crippen molar-refractivity contribution in [2.75, 3.05) is 20.6 Å². The molecule has 3 fully saturated rings. The van der Waals surface area contributed by atoms with E-state index in [2.05, 4.69) is 24.3 Å². The van der Waals surface area contributed by atoms with Gasteiger partial charge in [0.25, 0.3) is 0 Å². The first-order valence-corrected chi connectivity index (χ1v) is 5.17. The van der Waals surface area contributed by atoms with Crippen LogP contribution in [-0.4, -0.2) is 37.6 Å². The third kappa shape index (κ3) is 1.50. The molecule has 2 saturated heterocycles.